The first-order valence-electron chi connectivity index (χ1n) is 11.1. The number of aromatic amines is 1. The minimum absolute atomic E-state index is 0.0514. The van der Waals surface area contributed by atoms with Gasteiger partial charge in [-0.2, -0.15) is 0 Å². The lowest BCUT2D eigenvalue weighted by molar-refractivity contribution is 0.0913. The normalized spacial score (nSPS) is 12.0. The summed E-state index contributed by atoms with van der Waals surface area (Å²) in [6.07, 6.45) is 2.41. The van der Waals surface area contributed by atoms with E-state index in [9.17, 15) is 15.0 Å². The smallest absolute Gasteiger partial charge is 0.255 e. The molecule has 0 saturated heterocycles. The van der Waals surface area contributed by atoms with Crippen LogP contribution in [0.1, 0.15) is 28.4 Å². The quantitative estimate of drug-likeness (QED) is 0.313. The Balaban J connectivity index is 1.59. The molecule has 4 aromatic rings. The highest BCUT2D eigenvalue weighted by Gasteiger charge is 2.19. The van der Waals surface area contributed by atoms with Gasteiger partial charge in [-0.3, -0.25) is 4.79 Å². The molecule has 4 rings (SSSR count). The largest absolute Gasteiger partial charge is 0.493 e. The van der Waals surface area contributed by atoms with E-state index in [-0.39, 0.29) is 19.1 Å². The van der Waals surface area contributed by atoms with Crippen LogP contribution in [0.25, 0.3) is 22.0 Å². The van der Waals surface area contributed by atoms with Gasteiger partial charge in [0, 0.05) is 17.1 Å². The summed E-state index contributed by atoms with van der Waals surface area (Å²) in [4.78, 5) is 16.5. The molecule has 33 heavy (non-hydrogen) atoms. The van der Waals surface area contributed by atoms with Crippen molar-refractivity contribution in [2.24, 2.45) is 0 Å². The molecule has 170 valence electrons. The van der Waals surface area contributed by atoms with Crippen molar-refractivity contribution in [1.29, 1.82) is 0 Å². The molecule has 3 aromatic carbocycles. The van der Waals surface area contributed by atoms with Crippen LogP contribution in [-0.2, 0) is 13.0 Å². The maximum absolute atomic E-state index is 13.3. The Morgan fingerprint density at radius 3 is 2.64 bits per heavy atom. The predicted octanol–water partition coefficient (Wildman–Crippen LogP) is 4.06. The van der Waals surface area contributed by atoms with Gasteiger partial charge in [-0.25, -0.2) is 0 Å². The van der Waals surface area contributed by atoms with E-state index in [1.54, 1.807) is 12.1 Å². The first kappa shape index (κ1) is 22.6. The summed E-state index contributed by atoms with van der Waals surface area (Å²) in [5, 5.41) is 23.5. The lowest BCUT2D eigenvalue weighted by Crippen LogP contribution is -2.39. The molecule has 0 fully saturated rings. The Kier molecular flexibility index (Phi) is 7.07. The second-order valence-corrected chi connectivity index (χ2v) is 7.92. The average Bonchev–Trinajstić information content (AvgIpc) is 3.26. The van der Waals surface area contributed by atoms with Crippen LogP contribution in [0.4, 0.5) is 0 Å². The first-order valence-corrected chi connectivity index (χ1v) is 11.1. The maximum atomic E-state index is 13.3. The van der Waals surface area contributed by atoms with Crippen molar-refractivity contribution in [3.8, 4) is 16.9 Å². The van der Waals surface area contributed by atoms with Crippen molar-refractivity contribution < 1.29 is 19.7 Å². The van der Waals surface area contributed by atoms with Gasteiger partial charge in [-0.1, -0.05) is 42.5 Å². The van der Waals surface area contributed by atoms with Crippen molar-refractivity contribution in [1.82, 2.24) is 10.3 Å². The third-order valence-electron chi connectivity index (χ3n) is 5.66. The molecule has 0 aliphatic carbocycles. The molecule has 1 amide bonds. The lowest BCUT2D eigenvalue weighted by Gasteiger charge is -2.18. The number of hydrogen-bond acceptors (Lipinski definition) is 4. The number of hydrogen-bond donors (Lipinski definition) is 4. The zero-order valence-corrected chi connectivity index (χ0v) is 18.5. The molecule has 0 bridgehead atoms. The van der Waals surface area contributed by atoms with Gasteiger partial charge in [0.25, 0.3) is 5.91 Å². The van der Waals surface area contributed by atoms with Gasteiger partial charge < -0.3 is 25.3 Å². The summed E-state index contributed by atoms with van der Waals surface area (Å²) >= 11 is 0. The second kappa shape index (κ2) is 10.3. The molecule has 4 N–H and O–H groups in total. The topological polar surface area (TPSA) is 94.6 Å². The number of aliphatic hydroxyl groups is 2. The number of aromatic nitrogens is 1. The van der Waals surface area contributed by atoms with Crippen molar-refractivity contribution in [3.63, 3.8) is 0 Å². The van der Waals surface area contributed by atoms with E-state index in [2.05, 4.69) is 10.3 Å². The van der Waals surface area contributed by atoms with Gasteiger partial charge in [0.1, 0.15) is 5.75 Å². The van der Waals surface area contributed by atoms with E-state index in [1.165, 1.54) is 0 Å². The van der Waals surface area contributed by atoms with Crippen LogP contribution in [0.3, 0.4) is 0 Å². The maximum Gasteiger partial charge on any atom is 0.255 e. The van der Waals surface area contributed by atoms with Gasteiger partial charge >= 0.3 is 0 Å². The molecule has 0 spiro atoms. The van der Waals surface area contributed by atoms with Crippen LogP contribution in [-0.4, -0.2) is 40.4 Å². The van der Waals surface area contributed by atoms with E-state index < -0.39 is 6.04 Å². The van der Waals surface area contributed by atoms with Crippen LogP contribution in [0, 0.1) is 0 Å². The first-order chi connectivity index (χ1) is 16.1. The van der Waals surface area contributed by atoms with Crippen molar-refractivity contribution in [3.05, 3.63) is 89.6 Å². The van der Waals surface area contributed by atoms with Gasteiger partial charge in [0.15, 0.2) is 0 Å². The Morgan fingerprint density at radius 2 is 1.85 bits per heavy atom. The second-order valence-electron chi connectivity index (χ2n) is 7.92. The predicted molar refractivity (Wildman–Crippen MR) is 129 cm³/mol. The monoisotopic (exact) mass is 444 g/mol. The third-order valence-corrected chi connectivity index (χ3v) is 5.66. The van der Waals surface area contributed by atoms with Gasteiger partial charge in [-0.05, 0) is 59.9 Å². The summed E-state index contributed by atoms with van der Waals surface area (Å²) < 4.78 is 5.70. The molecule has 0 radical (unpaired) electrons. The summed E-state index contributed by atoms with van der Waals surface area (Å²) in [7, 11) is 0. The highest BCUT2D eigenvalue weighted by molar-refractivity contribution is 5.98. The Bertz CT molecular complexity index is 1250. The van der Waals surface area contributed by atoms with E-state index in [4.69, 9.17) is 4.74 Å². The van der Waals surface area contributed by atoms with Crippen LogP contribution < -0.4 is 10.1 Å². The van der Waals surface area contributed by atoms with E-state index >= 15 is 0 Å². The molecule has 0 aliphatic rings. The Labute approximate surface area is 192 Å². The molecule has 0 saturated carbocycles. The van der Waals surface area contributed by atoms with Gasteiger partial charge in [-0.15, -0.1) is 0 Å². The summed E-state index contributed by atoms with van der Waals surface area (Å²) in [6, 6.07) is 20.5. The SMILES string of the molecule is CCOc1ccc(-c2cccc(CO)c2)cc1C(=O)N[C@@H](CO)Cc1c[nH]c2ccccc12. The highest BCUT2D eigenvalue weighted by Crippen LogP contribution is 2.28. The van der Waals surface area contributed by atoms with Gasteiger partial charge in [0.2, 0.25) is 0 Å². The fourth-order valence-electron chi connectivity index (χ4n) is 4.01. The van der Waals surface area contributed by atoms with E-state index in [0.717, 1.165) is 33.2 Å². The zero-order valence-electron chi connectivity index (χ0n) is 18.5. The Hall–Kier alpha value is -3.61. The minimum atomic E-state index is -0.451. The minimum Gasteiger partial charge on any atom is -0.493 e. The fourth-order valence-corrected chi connectivity index (χ4v) is 4.01. The summed E-state index contributed by atoms with van der Waals surface area (Å²) in [5.74, 6) is 0.179. The summed E-state index contributed by atoms with van der Waals surface area (Å²) in [6.45, 7) is 2.06. The van der Waals surface area contributed by atoms with Crippen LogP contribution in [0.5, 0.6) is 5.75 Å². The molecule has 1 heterocycles. The number of para-hydroxylation sites is 1. The molecule has 1 atom stereocenters. The van der Waals surface area contributed by atoms with E-state index in [1.807, 2.05) is 67.7 Å². The molecule has 0 aliphatic heterocycles. The number of nitrogens with one attached hydrogen (secondary N) is 2. The fraction of sp³-hybridized carbons (Fsp3) is 0.222. The van der Waals surface area contributed by atoms with Gasteiger partial charge in [0.05, 0.1) is 31.4 Å². The molecule has 6 heteroatoms. The lowest BCUT2D eigenvalue weighted by atomic mass is 9.99. The number of benzene rings is 3. The third kappa shape index (κ3) is 5.08. The standard InChI is InChI=1S/C27H28N2O4/c1-2-33-26-11-10-20(19-7-5-6-18(12-19)16-30)14-24(26)27(32)29-22(17-31)13-21-15-28-25-9-4-3-8-23(21)25/h3-12,14-15,22,28,30-31H,2,13,16-17H2,1H3,(H,29,32)/t22-/m1/s1. The number of carbonyl (C=O) groups is 1. The number of amides is 1. The molecule has 0 unspecified atom stereocenters. The summed E-state index contributed by atoms with van der Waals surface area (Å²) in [5.41, 5.74) is 5.00. The van der Waals surface area contributed by atoms with Crippen molar-refractivity contribution in [2.75, 3.05) is 13.2 Å². The molecular formula is C27H28N2O4. The van der Waals surface area contributed by atoms with Crippen molar-refractivity contribution >= 4 is 16.8 Å². The Morgan fingerprint density at radius 1 is 1.03 bits per heavy atom. The van der Waals surface area contributed by atoms with Crippen LogP contribution >= 0.6 is 0 Å². The number of rotatable bonds is 9. The number of carbonyl (C=O) groups excluding carboxylic acids is 1. The van der Waals surface area contributed by atoms with Crippen molar-refractivity contribution in [2.45, 2.75) is 26.0 Å². The molecular weight excluding hydrogens is 416 g/mol. The number of ether oxygens (including phenoxy) is 1. The average molecular weight is 445 g/mol. The van der Waals surface area contributed by atoms with Crippen LogP contribution in [0.15, 0.2) is 72.9 Å². The number of fused-ring (bicyclic) bond motifs is 1. The molecule has 1 aromatic heterocycles. The number of H-pyrrole nitrogens is 1. The molecule has 6 nitrogen and oxygen atoms in total. The van der Waals surface area contributed by atoms with Crippen LogP contribution in [0.2, 0.25) is 0 Å². The number of aliphatic hydroxyl groups excluding tert-OH is 2. The highest BCUT2D eigenvalue weighted by atomic mass is 16.5. The van der Waals surface area contributed by atoms with E-state index in [0.29, 0.717) is 24.3 Å². The zero-order chi connectivity index (χ0) is 23.2.